The summed E-state index contributed by atoms with van der Waals surface area (Å²) in [6.07, 6.45) is 0. The number of nitrogens with zero attached hydrogens (tertiary/aromatic N) is 1. The third-order valence-electron chi connectivity index (χ3n) is 3.50. The molecule has 0 spiro atoms. The third-order valence-corrected chi connectivity index (χ3v) is 3.50. The minimum atomic E-state index is -0.505. The number of anilines is 1. The van der Waals surface area contributed by atoms with Gasteiger partial charge in [-0.15, -0.1) is 0 Å². The van der Waals surface area contributed by atoms with Crippen LogP contribution in [0.4, 0.5) is 10.1 Å². The van der Waals surface area contributed by atoms with E-state index in [0.717, 1.165) is 4.90 Å². The molecule has 1 fully saturated rings. The molecule has 2 N–H and O–H groups in total. The van der Waals surface area contributed by atoms with Gasteiger partial charge in [-0.25, -0.2) is 4.39 Å². The summed E-state index contributed by atoms with van der Waals surface area (Å²) in [5, 5.41) is 0. The minimum absolute atomic E-state index is 0.110. The van der Waals surface area contributed by atoms with Crippen LogP contribution in [0.2, 0.25) is 0 Å². The number of carbonyl (C=O) groups excluding carboxylic acids is 2. The van der Waals surface area contributed by atoms with Crippen LogP contribution < -0.4 is 10.6 Å². The predicted octanol–water partition coefficient (Wildman–Crippen LogP) is 1.28. The Morgan fingerprint density at radius 2 is 1.85 bits per heavy atom. The van der Waals surface area contributed by atoms with Crippen LogP contribution in [-0.4, -0.2) is 18.4 Å². The van der Waals surface area contributed by atoms with Crippen LogP contribution in [0.1, 0.15) is 19.4 Å². The molecule has 1 aromatic rings. The van der Waals surface area contributed by atoms with E-state index in [9.17, 15) is 14.0 Å². The Morgan fingerprint density at radius 1 is 1.25 bits per heavy atom. The maximum absolute atomic E-state index is 13.6. The molecule has 0 aromatic heterocycles. The zero-order valence-electron chi connectivity index (χ0n) is 11.3. The first-order valence-electron chi connectivity index (χ1n) is 6.33. The molecule has 1 aromatic carbocycles. The zero-order chi connectivity index (χ0) is 14.9. The molecule has 2 atom stereocenters. The average molecular weight is 274 g/mol. The van der Waals surface area contributed by atoms with E-state index >= 15 is 0 Å². The van der Waals surface area contributed by atoms with E-state index in [1.165, 1.54) is 18.2 Å². The number of imide groups is 1. The van der Waals surface area contributed by atoms with Gasteiger partial charge < -0.3 is 5.73 Å². The van der Waals surface area contributed by atoms with Crippen LogP contribution >= 0.6 is 0 Å². The Kier molecular flexibility index (Phi) is 3.86. The fourth-order valence-electron chi connectivity index (χ4n) is 2.09. The van der Waals surface area contributed by atoms with Crippen molar-refractivity contribution < 1.29 is 14.0 Å². The first-order chi connectivity index (χ1) is 9.47. The van der Waals surface area contributed by atoms with Crippen LogP contribution in [0.5, 0.6) is 0 Å². The predicted molar refractivity (Wildman–Crippen MR) is 73.2 cm³/mol. The summed E-state index contributed by atoms with van der Waals surface area (Å²) in [5.41, 5.74) is 5.72. The highest BCUT2D eigenvalue weighted by Gasteiger charge is 2.43. The summed E-state index contributed by atoms with van der Waals surface area (Å²) in [6.45, 7) is 3.53. The zero-order valence-corrected chi connectivity index (χ0v) is 11.3. The molecule has 0 aliphatic carbocycles. The smallest absolute Gasteiger partial charge is 0.237 e. The topological polar surface area (TPSA) is 63.4 Å². The lowest BCUT2D eigenvalue weighted by atomic mass is 10.00. The lowest BCUT2D eigenvalue weighted by molar-refractivity contribution is -0.122. The molecule has 20 heavy (non-hydrogen) atoms. The van der Waals surface area contributed by atoms with Gasteiger partial charge in [0.25, 0.3) is 0 Å². The van der Waals surface area contributed by atoms with Crippen LogP contribution in [0.15, 0.2) is 18.2 Å². The van der Waals surface area contributed by atoms with E-state index in [2.05, 4.69) is 11.8 Å². The van der Waals surface area contributed by atoms with Crippen molar-refractivity contribution in [3.05, 3.63) is 29.6 Å². The van der Waals surface area contributed by atoms with Gasteiger partial charge in [-0.1, -0.05) is 25.7 Å². The highest BCUT2D eigenvalue weighted by Crippen LogP contribution is 2.31. The largest absolute Gasteiger partial charge is 0.320 e. The van der Waals surface area contributed by atoms with Crippen molar-refractivity contribution in [3.63, 3.8) is 0 Å². The second-order valence-corrected chi connectivity index (χ2v) is 4.76. The van der Waals surface area contributed by atoms with E-state index in [4.69, 9.17) is 5.73 Å². The molecular weight excluding hydrogens is 259 g/mol. The average Bonchev–Trinajstić information content (AvgIpc) is 2.63. The number of rotatable bonds is 1. The molecule has 104 valence electrons. The molecule has 4 nitrogen and oxygen atoms in total. The van der Waals surface area contributed by atoms with Gasteiger partial charge in [0.15, 0.2) is 0 Å². The fraction of sp³-hybridized carbons (Fsp3) is 0.333. The highest BCUT2D eigenvalue weighted by molar-refractivity contribution is 6.21. The van der Waals surface area contributed by atoms with Crippen LogP contribution in [-0.2, 0) is 9.59 Å². The number of amides is 2. The molecule has 0 saturated carbocycles. The van der Waals surface area contributed by atoms with Gasteiger partial charge in [-0.3, -0.25) is 14.5 Å². The molecule has 1 aliphatic heterocycles. The number of benzene rings is 1. The summed E-state index contributed by atoms with van der Waals surface area (Å²) in [4.78, 5) is 25.3. The van der Waals surface area contributed by atoms with E-state index in [0.29, 0.717) is 5.69 Å². The lowest BCUT2D eigenvalue weighted by Crippen LogP contribution is -2.30. The van der Waals surface area contributed by atoms with Crippen molar-refractivity contribution in [1.29, 1.82) is 0 Å². The molecule has 1 heterocycles. The molecule has 2 amide bonds. The molecule has 0 bridgehead atoms. The van der Waals surface area contributed by atoms with E-state index in [1.54, 1.807) is 13.8 Å². The Labute approximate surface area is 116 Å². The summed E-state index contributed by atoms with van der Waals surface area (Å²) < 4.78 is 13.6. The first-order valence-corrected chi connectivity index (χ1v) is 6.33. The van der Waals surface area contributed by atoms with Crippen LogP contribution in [0.25, 0.3) is 0 Å². The molecule has 1 aliphatic rings. The molecular formula is C15H15FN2O2. The van der Waals surface area contributed by atoms with Gasteiger partial charge in [0.05, 0.1) is 17.8 Å². The Bertz CT molecular complexity index is 610. The Balaban J connectivity index is 2.44. The summed E-state index contributed by atoms with van der Waals surface area (Å²) in [6, 6.07) is 4.01. The monoisotopic (exact) mass is 274 g/mol. The van der Waals surface area contributed by atoms with Crippen molar-refractivity contribution in [2.24, 2.45) is 17.6 Å². The second-order valence-electron chi connectivity index (χ2n) is 4.76. The number of halogens is 1. The quantitative estimate of drug-likeness (QED) is 0.620. The van der Waals surface area contributed by atoms with Gasteiger partial charge in [-0.05, 0) is 18.2 Å². The highest BCUT2D eigenvalue weighted by atomic mass is 19.1. The van der Waals surface area contributed by atoms with Crippen LogP contribution in [0.3, 0.4) is 0 Å². The van der Waals surface area contributed by atoms with Crippen molar-refractivity contribution in [2.75, 3.05) is 11.4 Å². The van der Waals surface area contributed by atoms with Crippen LogP contribution in [0, 0.1) is 29.5 Å². The fourth-order valence-corrected chi connectivity index (χ4v) is 2.09. The van der Waals surface area contributed by atoms with Crippen molar-refractivity contribution >= 4 is 17.5 Å². The summed E-state index contributed by atoms with van der Waals surface area (Å²) in [5.74, 6) is 3.36. The van der Waals surface area contributed by atoms with Gasteiger partial charge in [0.2, 0.25) is 11.8 Å². The number of carbonyl (C=O) groups is 2. The van der Waals surface area contributed by atoms with E-state index in [1.807, 2.05) is 0 Å². The van der Waals surface area contributed by atoms with Crippen molar-refractivity contribution in [3.8, 4) is 11.8 Å². The Morgan fingerprint density at radius 3 is 2.40 bits per heavy atom. The molecule has 2 unspecified atom stereocenters. The number of hydrogen-bond acceptors (Lipinski definition) is 3. The maximum Gasteiger partial charge on any atom is 0.237 e. The van der Waals surface area contributed by atoms with Gasteiger partial charge in [0, 0.05) is 11.8 Å². The standard InChI is InChI=1S/C15H15FN2O2/c1-9-10(2)15(20)18(14(9)19)12-5-6-13(16)11(8-12)4-3-7-17/h5-6,8-10H,7,17H2,1-2H3. The SMILES string of the molecule is CC1C(=O)N(c2ccc(F)c(C#CCN)c2)C(=O)C1C. The summed E-state index contributed by atoms with van der Waals surface area (Å²) in [7, 11) is 0. The number of hydrogen-bond donors (Lipinski definition) is 1. The maximum atomic E-state index is 13.6. The van der Waals surface area contributed by atoms with Crippen molar-refractivity contribution in [1.82, 2.24) is 0 Å². The van der Waals surface area contributed by atoms with Gasteiger partial charge in [-0.2, -0.15) is 0 Å². The van der Waals surface area contributed by atoms with E-state index in [-0.39, 0.29) is 35.8 Å². The van der Waals surface area contributed by atoms with Gasteiger partial charge in [0.1, 0.15) is 5.82 Å². The Hall–Kier alpha value is -2.19. The lowest BCUT2D eigenvalue weighted by Gasteiger charge is -2.15. The van der Waals surface area contributed by atoms with E-state index < -0.39 is 5.82 Å². The number of nitrogens with two attached hydrogens (primary N) is 1. The third kappa shape index (κ3) is 2.30. The molecule has 2 rings (SSSR count). The second kappa shape index (κ2) is 5.43. The summed E-state index contributed by atoms with van der Waals surface area (Å²) >= 11 is 0. The minimum Gasteiger partial charge on any atom is -0.320 e. The van der Waals surface area contributed by atoms with Crippen molar-refractivity contribution in [2.45, 2.75) is 13.8 Å². The molecule has 0 radical (unpaired) electrons. The van der Waals surface area contributed by atoms with Gasteiger partial charge >= 0.3 is 0 Å². The molecule has 5 heteroatoms. The normalized spacial score (nSPS) is 21.9. The molecule has 1 saturated heterocycles. The first kappa shape index (κ1) is 14.2.